The fraction of sp³-hybridized carbons (Fsp3) is 0.467. The van der Waals surface area contributed by atoms with Crippen molar-refractivity contribution in [3.63, 3.8) is 0 Å². The lowest BCUT2D eigenvalue weighted by molar-refractivity contribution is 0.111. The highest BCUT2D eigenvalue weighted by molar-refractivity contribution is 5.83. The summed E-state index contributed by atoms with van der Waals surface area (Å²) in [5.74, 6) is 0.435. The molecule has 1 saturated carbocycles. The fourth-order valence-electron chi connectivity index (χ4n) is 3.14. The first-order valence-electron chi connectivity index (χ1n) is 7.02. The Hall–Kier alpha value is -1.88. The molecule has 20 heavy (non-hydrogen) atoms. The minimum absolute atomic E-state index is 0.0103. The van der Waals surface area contributed by atoms with Crippen LogP contribution in [0.2, 0.25) is 0 Å². The summed E-state index contributed by atoms with van der Waals surface area (Å²) in [5, 5.41) is 10.6. The lowest BCUT2D eigenvalue weighted by Gasteiger charge is -2.28. The fourth-order valence-corrected chi connectivity index (χ4v) is 3.14. The van der Waals surface area contributed by atoms with Gasteiger partial charge in [0.1, 0.15) is 5.82 Å². The number of aliphatic hydroxyl groups is 1. The van der Waals surface area contributed by atoms with E-state index in [4.69, 9.17) is 5.73 Å². The Balaban J connectivity index is 2.18. The van der Waals surface area contributed by atoms with Crippen molar-refractivity contribution in [3.05, 3.63) is 34.2 Å². The number of hydrogen-bond donors (Lipinski definition) is 2. The molecular formula is C15H19N3O2. The summed E-state index contributed by atoms with van der Waals surface area (Å²) in [5.41, 5.74) is 7.51. The second kappa shape index (κ2) is 4.90. The van der Waals surface area contributed by atoms with Gasteiger partial charge in [-0.3, -0.25) is 4.79 Å². The number of nitrogens with zero attached hydrogens (tertiary/aromatic N) is 2. The molecule has 2 aromatic heterocycles. The average Bonchev–Trinajstić information content (AvgIpc) is 2.40. The van der Waals surface area contributed by atoms with Crippen molar-refractivity contribution in [2.75, 3.05) is 5.73 Å². The normalized spacial score (nSPS) is 23.1. The number of fused-ring (bicyclic) bond motifs is 1. The molecule has 0 aliphatic heterocycles. The predicted molar refractivity (Wildman–Crippen MR) is 78.7 cm³/mol. The van der Waals surface area contributed by atoms with Crippen LogP contribution in [0.4, 0.5) is 5.82 Å². The molecule has 5 heteroatoms. The molecule has 0 radical (unpaired) electrons. The van der Waals surface area contributed by atoms with Gasteiger partial charge < -0.3 is 15.4 Å². The Morgan fingerprint density at radius 1 is 1.30 bits per heavy atom. The number of rotatable bonds is 1. The first-order valence-corrected chi connectivity index (χ1v) is 7.02. The van der Waals surface area contributed by atoms with Crippen LogP contribution in [0.5, 0.6) is 0 Å². The average molecular weight is 273 g/mol. The molecular weight excluding hydrogens is 254 g/mol. The molecule has 2 aromatic rings. The van der Waals surface area contributed by atoms with Gasteiger partial charge in [-0.15, -0.1) is 0 Å². The van der Waals surface area contributed by atoms with Gasteiger partial charge in [0.05, 0.1) is 11.6 Å². The van der Waals surface area contributed by atoms with Crippen molar-refractivity contribution < 1.29 is 5.11 Å². The number of pyridine rings is 2. The van der Waals surface area contributed by atoms with Crippen LogP contribution in [-0.2, 0) is 0 Å². The number of aryl methyl sites for hydroxylation is 1. The van der Waals surface area contributed by atoms with E-state index in [0.29, 0.717) is 5.82 Å². The molecule has 0 amide bonds. The zero-order valence-electron chi connectivity index (χ0n) is 11.5. The molecule has 0 saturated heterocycles. The third-order valence-electron chi connectivity index (χ3n) is 4.17. The van der Waals surface area contributed by atoms with E-state index >= 15 is 0 Å². The van der Waals surface area contributed by atoms with Gasteiger partial charge in [0.15, 0.2) is 0 Å². The van der Waals surface area contributed by atoms with Crippen LogP contribution in [0, 0.1) is 6.92 Å². The highest BCUT2D eigenvalue weighted by Crippen LogP contribution is 2.30. The maximum Gasteiger partial charge on any atom is 0.251 e. The van der Waals surface area contributed by atoms with Crippen LogP contribution >= 0.6 is 0 Å². The van der Waals surface area contributed by atoms with Crippen LogP contribution in [-0.4, -0.2) is 20.8 Å². The molecule has 1 fully saturated rings. The van der Waals surface area contributed by atoms with Crippen molar-refractivity contribution in [1.29, 1.82) is 0 Å². The predicted octanol–water partition coefficient (Wildman–Crippen LogP) is 1.76. The first-order chi connectivity index (χ1) is 9.56. The maximum atomic E-state index is 12.3. The van der Waals surface area contributed by atoms with Gasteiger partial charge >= 0.3 is 0 Å². The zero-order chi connectivity index (χ0) is 14.3. The largest absolute Gasteiger partial charge is 0.393 e. The number of nitrogen functional groups attached to an aromatic ring is 1. The standard InChI is InChI=1S/C15H19N3O2/c1-9-12-6-7-15(20)18(13(12)8-14(16)17-9)10-2-4-11(19)5-3-10/h6-8,10-11,19H,2-5H2,1H3,(H2,16,17). The third-order valence-corrected chi connectivity index (χ3v) is 4.17. The van der Waals surface area contributed by atoms with Gasteiger partial charge in [0, 0.05) is 29.3 Å². The van der Waals surface area contributed by atoms with Crippen LogP contribution < -0.4 is 11.3 Å². The Labute approximate surface area is 117 Å². The number of aliphatic hydroxyl groups excluding tert-OH is 1. The summed E-state index contributed by atoms with van der Waals surface area (Å²) < 4.78 is 1.83. The first kappa shape index (κ1) is 13.1. The van der Waals surface area contributed by atoms with Gasteiger partial charge in [-0.2, -0.15) is 0 Å². The molecule has 5 nitrogen and oxygen atoms in total. The molecule has 0 unspecified atom stereocenters. The van der Waals surface area contributed by atoms with Crippen molar-refractivity contribution in [1.82, 2.24) is 9.55 Å². The molecule has 1 aliphatic rings. The van der Waals surface area contributed by atoms with Gasteiger partial charge in [-0.05, 0) is 38.7 Å². The van der Waals surface area contributed by atoms with Crippen molar-refractivity contribution >= 4 is 16.7 Å². The summed E-state index contributed by atoms with van der Waals surface area (Å²) in [6, 6.07) is 5.32. The quantitative estimate of drug-likeness (QED) is 0.829. The van der Waals surface area contributed by atoms with Gasteiger partial charge in [-0.1, -0.05) is 0 Å². The number of nitrogens with two attached hydrogens (primary N) is 1. The van der Waals surface area contributed by atoms with E-state index in [0.717, 1.165) is 42.3 Å². The van der Waals surface area contributed by atoms with Crippen LogP contribution in [0.3, 0.4) is 0 Å². The summed E-state index contributed by atoms with van der Waals surface area (Å²) in [4.78, 5) is 16.5. The number of hydrogen-bond acceptors (Lipinski definition) is 4. The Kier molecular flexibility index (Phi) is 3.22. The van der Waals surface area contributed by atoms with Crippen LogP contribution in [0.1, 0.15) is 37.4 Å². The lowest BCUT2D eigenvalue weighted by atomic mass is 9.92. The molecule has 0 spiro atoms. The molecule has 3 N–H and O–H groups in total. The lowest BCUT2D eigenvalue weighted by Crippen LogP contribution is -2.29. The molecule has 2 heterocycles. The number of aromatic nitrogens is 2. The van der Waals surface area contributed by atoms with Gasteiger partial charge in [0.25, 0.3) is 5.56 Å². The second-order valence-corrected chi connectivity index (χ2v) is 5.57. The third kappa shape index (κ3) is 2.18. The number of anilines is 1. The second-order valence-electron chi connectivity index (χ2n) is 5.57. The Morgan fingerprint density at radius 3 is 2.70 bits per heavy atom. The van der Waals surface area contributed by atoms with E-state index in [2.05, 4.69) is 4.98 Å². The van der Waals surface area contributed by atoms with Gasteiger partial charge in [0.2, 0.25) is 0 Å². The summed E-state index contributed by atoms with van der Waals surface area (Å²) in [6.07, 6.45) is 2.90. The van der Waals surface area contributed by atoms with E-state index in [1.165, 1.54) is 0 Å². The van der Waals surface area contributed by atoms with Crippen molar-refractivity contribution in [2.45, 2.75) is 44.8 Å². The SMILES string of the molecule is Cc1nc(N)cc2c1ccc(=O)n2C1CCC(O)CC1. The highest BCUT2D eigenvalue weighted by atomic mass is 16.3. The maximum absolute atomic E-state index is 12.3. The van der Waals surface area contributed by atoms with E-state index in [9.17, 15) is 9.90 Å². The van der Waals surface area contributed by atoms with Crippen LogP contribution in [0.15, 0.2) is 23.0 Å². The molecule has 0 aromatic carbocycles. The zero-order valence-corrected chi connectivity index (χ0v) is 11.5. The summed E-state index contributed by atoms with van der Waals surface area (Å²) in [7, 11) is 0. The molecule has 0 bridgehead atoms. The van der Waals surface area contributed by atoms with Gasteiger partial charge in [-0.25, -0.2) is 4.98 Å². The Morgan fingerprint density at radius 2 is 2.00 bits per heavy atom. The minimum atomic E-state index is -0.231. The van der Waals surface area contributed by atoms with E-state index in [1.807, 2.05) is 17.6 Å². The smallest absolute Gasteiger partial charge is 0.251 e. The summed E-state index contributed by atoms with van der Waals surface area (Å²) in [6.45, 7) is 1.90. The van der Waals surface area contributed by atoms with Crippen molar-refractivity contribution in [2.24, 2.45) is 0 Å². The highest BCUT2D eigenvalue weighted by Gasteiger charge is 2.23. The van der Waals surface area contributed by atoms with E-state index < -0.39 is 0 Å². The van der Waals surface area contributed by atoms with E-state index in [-0.39, 0.29) is 17.7 Å². The minimum Gasteiger partial charge on any atom is -0.393 e. The van der Waals surface area contributed by atoms with E-state index in [1.54, 1.807) is 12.1 Å². The molecule has 0 atom stereocenters. The summed E-state index contributed by atoms with van der Waals surface area (Å²) >= 11 is 0. The van der Waals surface area contributed by atoms with Crippen molar-refractivity contribution in [3.8, 4) is 0 Å². The molecule has 1 aliphatic carbocycles. The van der Waals surface area contributed by atoms with Crippen LogP contribution in [0.25, 0.3) is 10.9 Å². The molecule has 3 rings (SSSR count). The monoisotopic (exact) mass is 273 g/mol. The Bertz CT molecular complexity index is 700. The molecule has 106 valence electrons. The topological polar surface area (TPSA) is 81.1 Å².